The number of hydrogen-bond acceptors (Lipinski definition) is 4. The smallest absolute Gasteiger partial charge is 0.238 e. The van der Waals surface area contributed by atoms with Gasteiger partial charge in [-0.2, -0.15) is 0 Å². The van der Waals surface area contributed by atoms with Gasteiger partial charge in [0.25, 0.3) is 0 Å². The second-order valence-corrected chi connectivity index (χ2v) is 4.98. The van der Waals surface area contributed by atoms with Gasteiger partial charge in [-0.15, -0.1) is 0 Å². The first-order valence-corrected chi connectivity index (χ1v) is 6.87. The summed E-state index contributed by atoms with van der Waals surface area (Å²) in [5, 5.41) is 2.84. The fraction of sp³-hybridized carbons (Fsp3) is 0.250. The Labute approximate surface area is 124 Å². The first kappa shape index (κ1) is 15.0. The lowest BCUT2D eigenvalue weighted by molar-refractivity contribution is -0.117. The van der Waals surface area contributed by atoms with Crippen molar-refractivity contribution in [2.24, 2.45) is 0 Å². The number of carbonyl (C=O) groups excluding carboxylic acids is 1. The quantitative estimate of drug-likeness (QED) is 0.793. The largest absolute Gasteiger partial charge is 0.399 e. The molecule has 0 atom stereocenters. The molecule has 0 spiro atoms. The Morgan fingerprint density at radius 2 is 2.14 bits per heavy atom. The van der Waals surface area contributed by atoms with Crippen molar-refractivity contribution in [3.05, 3.63) is 54.4 Å². The van der Waals surface area contributed by atoms with E-state index < -0.39 is 0 Å². The summed E-state index contributed by atoms with van der Waals surface area (Å²) in [4.78, 5) is 18.2. The zero-order valence-electron chi connectivity index (χ0n) is 12.1. The molecule has 0 aliphatic rings. The van der Waals surface area contributed by atoms with Gasteiger partial charge in [-0.3, -0.25) is 14.7 Å². The maximum atomic E-state index is 11.9. The predicted octanol–water partition coefficient (Wildman–Crippen LogP) is 1.78. The van der Waals surface area contributed by atoms with Crippen LogP contribution in [0.5, 0.6) is 0 Å². The molecule has 1 amide bonds. The Morgan fingerprint density at radius 1 is 1.29 bits per heavy atom. The third-order valence-electron chi connectivity index (χ3n) is 3.06. The zero-order valence-corrected chi connectivity index (χ0v) is 12.1. The van der Waals surface area contributed by atoms with Gasteiger partial charge < -0.3 is 11.1 Å². The van der Waals surface area contributed by atoms with Crippen LogP contribution in [0.25, 0.3) is 0 Å². The maximum absolute atomic E-state index is 11.9. The average molecular weight is 284 g/mol. The van der Waals surface area contributed by atoms with Crippen LogP contribution in [0, 0.1) is 0 Å². The van der Waals surface area contributed by atoms with Gasteiger partial charge in [-0.25, -0.2) is 0 Å². The average Bonchev–Trinajstić information content (AvgIpc) is 2.46. The molecule has 0 saturated heterocycles. The van der Waals surface area contributed by atoms with E-state index in [0.29, 0.717) is 12.2 Å². The SMILES string of the molecule is CN(CCc1ccccn1)CC(=O)Nc1cccc(N)c1. The van der Waals surface area contributed by atoms with Crippen molar-refractivity contribution >= 4 is 17.3 Å². The van der Waals surface area contributed by atoms with Crippen molar-refractivity contribution in [2.45, 2.75) is 6.42 Å². The molecule has 3 N–H and O–H groups in total. The highest BCUT2D eigenvalue weighted by Gasteiger charge is 2.07. The predicted molar refractivity (Wildman–Crippen MR) is 84.9 cm³/mol. The third-order valence-corrected chi connectivity index (χ3v) is 3.06. The van der Waals surface area contributed by atoms with E-state index in [1.165, 1.54) is 0 Å². The highest BCUT2D eigenvalue weighted by atomic mass is 16.2. The van der Waals surface area contributed by atoms with Gasteiger partial charge in [0.1, 0.15) is 0 Å². The molecule has 0 fully saturated rings. The molecule has 0 aliphatic heterocycles. The zero-order chi connectivity index (χ0) is 15.1. The monoisotopic (exact) mass is 284 g/mol. The Kier molecular flexibility index (Phi) is 5.29. The second kappa shape index (κ2) is 7.40. The van der Waals surface area contributed by atoms with E-state index in [4.69, 9.17) is 5.73 Å². The molecule has 0 radical (unpaired) electrons. The standard InChI is InChI=1S/C16H20N4O/c1-20(10-8-14-6-2-3-9-18-14)12-16(21)19-15-7-4-5-13(17)11-15/h2-7,9,11H,8,10,12,17H2,1H3,(H,19,21). The summed E-state index contributed by atoms with van der Waals surface area (Å²) in [6, 6.07) is 13.0. The summed E-state index contributed by atoms with van der Waals surface area (Å²) < 4.78 is 0. The first-order chi connectivity index (χ1) is 10.1. The van der Waals surface area contributed by atoms with Gasteiger partial charge in [-0.1, -0.05) is 12.1 Å². The summed E-state index contributed by atoms with van der Waals surface area (Å²) in [6.45, 7) is 1.11. The molecule has 21 heavy (non-hydrogen) atoms. The molecule has 0 bridgehead atoms. The number of benzene rings is 1. The van der Waals surface area contributed by atoms with E-state index in [2.05, 4.69) is 10.3 Å². The summed E-state index contributed by atoms with van der Waals surface area (Å²) in [6.07, 6.45) is 2.60. The number of aromatic nitrogens is 1. The summed E-state index contributed by atoms with van der Waals surface area (Å²) >= 11 is 0. The van der Waals surface area contributed by atoms with Gasteiger partial charge in [0.2, 0.25) is 5.91 Å². The Bertz CT molecular complexity index is 586. The number of nitrogens with zero attached hydrogens (tertiary/aromatic N) is 2. The van der Waals surface area contributed by atoms with Gasteiger partial charge in [0.05, 0.1) is 6.54 Å². The molecule has 0 aliphatic carbocycles. The topological polar surface area (TPSA) is 71.2 Å². The molecule has 2 aromatic rings. The fourth-order valence-corrected chi connectivity index (χ4v) is 1.99. The van der Waals surface area contributed by atoms with Crippen molar-refractivity contribution in [3.63, 3.8) is 0 Å². The van der Waals surface area contributed by atoms with Crippen LogP contribution in [-0.4, -0.2) is 35.9 Å². The Balaban J connectivity index is 1.77. The van der Waals surface area contributed by atoms with E-state index in [1.807, 2.05) is 42.3 Å². The van der Waals surface area contributed by atoms with Crippen LogP contribution in [0.15, 0.2) is 48.7 Å². The lowest BCUT2D eigenvalue weighted by atomic mass is 10.2. The number of rotatable bonds is 6. The highest BCUT2D eigenvalue weighted by molar-refractivity contribution is 5.92. The van der Waals surface area contributed by atoms with E-state index in [-0.39, 0.29) is 5.91 Å². The van der Waals surface area contributed by atoms with Crippen LogP contribution in [0.2, 0.25) is 0 Å². The van der Waals surface area contributed by atoms with Crippen LogP contribution < -0.4 is 11.1 Å². The number of anilines is 2. The van der Waals surface area contributed by atoms with Crippen molar-refractivity contribution in [1.29, 1.82) is 0 Å². The molecule has 1 aromatic carbocycles. The minimum Gasteiger partial charge on any atom is -0.399 e. The molecule has 110 valence electrons. The molecule has 5 heteroatoms. The van der Waals surface area contributed by atoms with Crippen LogP contribution in [0.3, 0.4) is 0 Å². The highest BCUT2D eigenvalue weighted by Crippen LogP contribution is 2.11. The molecule has 5 nitrogen and oxygen atoms in total. The molecule has 1 heterocycles. The van der Waals surface area contributed by atoms with Gasteiger partial charge in [0.15, 0.2) is 0 Å². The Hall–Kier alpha value is -2.40. The van der Waals surface area contributed by atoms with Crippen LogP contribution >= 0.6 is 0 Å². The minimum absolute atomic E-state index is 0.0517. The van der Waals surface area contributed by atoms with Crippen molar-refractivity contribution in [3.8, 4) is 0 Å². The molecular weight excluding hydrogens is 264 g/mol. The van der Waals surface area contributed by atoms with Gasteiger partial charge in [-0.05, 0) is 37.4 Å². The van der Waals surface area contributed by atoms with Crippen LogP contribution in [0.1, 0.15) is 5.69 Å². The minimum atomic E-state index is -0.0517. The molecule has 1 aromatic heterocycles. The van der Waals surface area contributed by atoms with E-state index >= 15 is 0 Å². The number of hydrogen-bond donors (Lipinski definition) is 2. The number of amides is 1. The normalized spacial score (nSPS) is 10.6. The first-order valence-electron chi connectivity index (χ1n) is 6.87. The molecule has 0 unspecified atom stereocenters. The number of carbonyl (C=O) groups is 1. The van der Waals surface area contributed by atoms with E-state index in [1.54, 1.807) is 18.3 Å². The summed E-state index contributed by atoms with van der Waals surface area (Å²) in [5.74, 6) is -0.0517. The van der Waals surface area contributed by atoms with E-state index in [0.717, 1.165) is 24.3 Å². The second-order valence-electron chi connectivity index (χ2n) is 4.98. The van der Waals surface area contributed by atoms with Crippen molar-refractivity contribution in [1.82, 2.24) is 9.88 Å². The number of nitrogen functional groups attached to an aromatic ring is 1. The number of nitrogens with one attached hydrogen (secondary N) is 1. The lowest BCUT2D eigenvalue weighted by Gasteiger charge is -2.16. The van der Waals surface area contributed by atoms with Crippen LogP contribution in [-0.2, 0) is 11.2 Å². The third kappa shape index (κ3) is 5.24. The van der Waals surface area contributed by atoms with Gasteiger partial charge in [0, 0.05) is 36.2 Å². The van der Waals surface area contributed by atoms with E-state index in [9.17, 15) is 4.79 Å². The molecular formula is C16H20N4O. The molecule has 0 saturated carbocycles. The fourth-order valence-electron chi connectivity index (χ4n) is 1.99. The van der Waals surface area contributed by atoms with Crippen LogP contribution in [0.4, 0.5) is 11.4 Å². The molecule has 2 rings (SSSR count). The van der Waals surface area contributed by atoms with Gasteiger partial charge >= 0.3 is 0 Å². The van der Waals surface area contributed by atoms with Crippen molar-refractivity contribution < 1.29 is 4.79 Å². The lowest BCUT2D eigenvalue weighted by Crippen LogP contribution is -2.31. The maximum Gasteiger partial charge on any atom is 0.238 e. The number of nitrogens with two attached hydrogens (primary N) is 1. The number of likely N-dealkylation sites (N-methyl/N-ethyl adjacent to an activating group) is 1. The summed E-state index contributed by atoms with van der Waals surface area (Å²) in [7, 11) is 1.92. The summed E-state index contributed by atoms with van der Waals surface area (Å²) in [5.41, 5.74) is 8.06. The number of pyridine rings is 1. The van der Waals surface area contributed by atoms with Crippen molar-refractivity contribution in [2.75, 3.05) is 31.2 Å². The Morgan fingerprint density at radius 3 is 2.86 bits per heavy atom.